The first-order chi connectivity index (χ1) is 13.9. The maximum absolute atomic E-state index is 12.6. The molecule has 150 valence electrons. The molecule has 0 saturated carbocycles. The standard InChI is InChI=1S/C23H24N2O3S/c1-24(17-19-13-15-21(16-14-19)20-9-5-3-6-10-20)23(26)18-25(2)29(27,28)22-11-7-4-8-12-22/h3-16H,17-18H2,1-2H3. The van der Waals surface area contributed by atoms with Crippen LogP contribution < -0.4 is 0 Å². The molecule has 0 aromatic heterocycles. The Hall–Kier alpha value is -2.96. The van der Waals surface area contributed by atoms with Crippen molar-refractivity contribution in [1.82, 2.24) is 9.21 Å². The fraction of sp³-hybridized carbons (Fsp3) is 0.174. The number of nitrogens with zero attached hydrogens (tertiary/aromatic N) is 2. The zero-order valence-electron chi connectivity index (χ0n) is 16.5. The van der Waals surface area contributed by atoms with Crippen molar-refractivity contribution >= 4 is 15.9 Å². The smallest absolute Gasteiger partial charge is 0.243 e. The molecule has 0 heterocycles. The van der Waals surface area contributed by atoms with Gasteiger partial charge in [0.1, 0.15) is 0 Å². The number of carbonyl (C=O) groups is 1. The lowest BCUT2D eigenvalue weighted by Gasteiger charge is -2.22. The van der Waals surface area contributed by atoms with Crippen molar-refractivity contribution in [3.63, 3.8) is 0 Å². The van der Waals surface area contributed by atoms with Gasteiger partial charge in [-0.15, -0.1) is 0 Å². The van der Waals surface area contributed by atoms with E-state index >= 15 is 0 Å². The zero-order chi connectivity index (χ0) is 20.9. The summed E-state index contributed by atoms with van der Waals surface area (Å²) < 4.78 is 26.2. The second-order valence-electron chi connectivity index (χ2n) is 6.89. The molecule has 3 rings (SSSR count). The molecule has 0 aliphatic heterocycles. The van der Waals surface area contributed by atoms with Crippen LogP contribution in [0.1, 0.15) is 5.56 Å². The van der Waals surface area contributed by atoms with Crippen LogP contribution in [0.3, 0.4) is 0 Å². The van der Waals surface area contributed by atoms with Crippen LogP contribution in [0.5, 0.6) is 0 Å². The van der Waals surface area contributed by atoms with Crippen LogP contribution in [0, 0.1) is 0 Å². The van der Waals surface area contributed by atoms with Gasteiger partial charge in [0.2, 0.25) is 15.9 Å². The molecule has 0 spiro atoms. The lowest BCUT2D eigenvalue weighted by atomic mass is 10.0. The number of rotatable bonds is 7. The Morgan fingerprint density at radius 1 is 0.759 bits per heavy atom. The van der Waals surface area contributed by atoms with Gasteiger partial charge in [0.05, 0.1) is 11.4 Å². The van der Waals surface area contributed by atoms with Gasteiger partial charge in [-0.2, -0.15) is 4.31 Å². The fourth-order valence-corrected chi connectivity index (χ4v) is 4.11. The summed E-state index contributed by atoms with van der Waals surface area (Å²) in [4.78, 5) is 14.3. The number of likely N-dealkylation sites (N-methyl/N-ethyl adjacent to an activating group) is 2. The molecule has 5 nitrogen and oxygen atoms in total. The van der Waals surface area contributed by atoms with Crippen LogP contribution in [0.2, 0.25) is 0 Å². The summed E-state index contributed by atoms with van der Waals surface area (Å²) in [5.41, 5.74) is 3.22. The third kappa shape index (κ3) is 5.10. The average molecular weight is 409 g/mol. The Balaban J connectivity index is 1.62. The van der Waals surface area contributed by atoms with E-state index in [1.165, 1.54) is 24.1 Å². The van der Waals surface area contributed by atoms with Crippen molar-refractivity contribution in [1.29, 1.82) is 0 Å². The second-order valence-corrected chi connectivity index (χ2v) is 8.93. The minimum atomic E-state index is -3.69. The fourth-order valence-electron chi connectivity index (χ4n) is 2.96. The van der Waals surface area contributed by atoms with E-state index in [4.69, 9.17) is 0 Å². The molecule has 0 bridgehead atoms. The van der Waals surface area contributed by atoms with Gasteiger partial charge in [0, 0.05) is 20.6 Å². The number of amides is 1. The first-order valence-electron chi connectivity index (χ1n) is 9.27. The first-order valence-corrected chi connectivity index (χ1v) is 10.7. The van der Waals surface area contributed by atoms with E-state index in [2.05, 4.69) is 0 Å². The number of hydrogen-bond donors (Lipinski definition) is 0. The Morgan fingerprint density at radius 2 is 1.28 bits per heavy atom. The first kappa shape index (κ1) is 20.8. The van der Waals surface area contributed by atoms with Gasteiger partial charge in [0.25, 0.3) is 0 Å². The Morgan fingerprint density at radius 3 is 1.86 bits per heavy atom. The molecule has 6 heteroatoms. The molecule has 0 unspecified atom stereocenters. The lowest BCUT2D eigenvalue weighted by molar-refractivity contribution is -0.130. The summed E-state index contributed by atoms with van der Waals surface area (Å²) in [6.45, 7) is 0.197. The third-order valence-electron chi connectivity index (χ3n) is 4.72. The average Bonchev–Trinajstić information content (AvgIpc) is 2.75. The quantitative estimate of drug-likeness (QED) is 0.600. The van der Waals surface area contributed by atoms with Crippen LogP contribution >= 0.6 is 0 Å². The number of sulfonamides is 1. The monoisotopic (exact) mass is 408 g/mol. The van der Waals surface area contributed by atoms with Crippen molar-refractivity contribution in [2.24, 2.45) is 0 Å². The molecule has 0 saturated heterocycles. The third-order valence-corrected chi connectivity index (χ3v) is 6.53. The van der Waals surface area contributed by atoms with Crippen LogP contribution in [0.4, 0.5) is 0 Å². The summed E-state index contributed by atoms with van der Waals surface area (Å²) in [5, 5.41) is 0. The zero-order valence-corrected chi connectivity index (χ0v) is 17.3. The Labute approximate surface area is 172 Å². The highest BCUT2D eigenvalue weighted by molar-refractivity contribution is 7.89. The van der Waals surface area contributed by atoms with Crippen LogP contribution in [0.25, 0.3) is 11.1 Å². The van der Waals surface area contributed by atoms with Gasteiger partial charge in [-0.25, -0.2) is 8.42 Å². The highest BCUT2D eigenvalue weighted by atomic mass is 32.2. The van der Waals surface area contributed by atoms with E-state index in [0.29, 0.717) is 6.54 Å². The second kappa shape index (κ2) is 9.03. The molecule has 0 atom stereocenters. The van der Waals surface area contributed by atoms with Gasteiger partial charge in [-0.05, 0) is 28.8 Å². The SMILES string of the molecule is CN(Cc1ccc(-c2ccccc2)cc1)C(=O)CN(C)S(=O)(=O)c1ccccc1. The van der Waals surface area contributed by atoms with Crippen molar-refractivity contribution in [3.8, 4) is 11.1 Å². The van der Waals surface area contributed by atoms with Gasteiger partial charge < -0.3 is 4.90 Å². The predicted molar refractivity (Wildman–Crippen MR) is 115 cm³/mol. The Kier molecular flexibility index (Phi) is 6.46. The highest BCUT2D eigenvalue weighted by Gasteiger charge is 2.24. The van der Waals surface area contributed by atoms with E-state index in [9.17, 15) is 13.2 Å². The summed E-state index contributed by atoms with van der Waals surface area (Å²) in [6.07, 6.45) is 0. The molecule has 0 radical (unpaired) electrons. The molecule has 3 aromatic carbocycles. The maximum Gasteiger partial charge on any atom is 0.243 e. The van der Waals surface area contributed by atoms with Crippen LogP contribution in [-0.2, 0) is 21.4 Å². The van der Waals surface area contributed by atoms with Gasteiger partial charge >= 0.3 is 0 Å². The topological polar surface area (TPSA) is 57.7 Å². The summed E-state index contributed by atoms with van der Waals surface area (Å²) in [7, 11) is -0.594. The van der Waals surface area contributed by atoms with E-state index < -0.39 is 10.0 Å². The number of benzene rings is 3. The molecular weight excluding hydrogens is 384 g/mol. The molecule has 0 fully saturated rings. The van der Waals surface area contributed by atoms with Crippen molar-refractivity contribution < 1.29 is 13.2 Å². The van der Waals surface area contributed by atoms with E-state index in [0.717, 1.165) is 21.0 Å². The molecule has 0 aliphatic carbocycles. The largest absolute Gasteiger partial charge is 0.340 e. The molecule has 3 aromatic rings. The molecule has 0 N–H and O–H groups in total. The summed E-state index contributed by atoms with van der Waals surface area (Å²) >= 11 is 0. The number of hydrogen-bond acceptors (Lipinski definition) is 3. The van der Waals surface area contributed by atoms with E-state index in [-0.39, 0.29) is 17.3 Å². The van der Waals surface area contributed by atoms with Gasteiger partial charge in [0.15, 0.2) is 0 Å². The maximum atomic E-state index is 12.6. The van der Waals surface area contributed by atoms with E-state index in [1.807, 2.05) is 54.6 Å². The van der Waals surface area contributed by atoms with Crippen molar-refractivity contribution in [3.05, 3.63) is 90.5 Å². The lowest BCUT2D eigenvalue weighted by Crippen LogP contribution is -2.39. The molecular formula is C23H24N2O3S. The van der Waals surface area contributed by atoms with Crippen molar-refractivity contribution in [2.45, 2.75) is 11.4 Å². The minimum Gasteiger partial charge on any atom is -0.340 e. The highest BCUT2D eigenvalue weighted by Crippen LogP contribution is 2.20. The molecule has 0 aliphatic rings. The Bertz CT molecular complexity index is 1050. The molecule has 1 amide bonds. The molecule has 29 heavy (non-hydrogen) atoms. The van der Waals surface area contributed by atoms with Gasteiger partial charge in [-0.1, -0.05) is 72.8 Å². The predicted octanol–water partition coefficient (Wildman–Crippen LogP) is 3.63. The van der Waals surface area contributed by atoms with Gasteiger partial charge in [-0.3, -0.25) is 4.79 Å². The van der Waals surface area contributed by atoms with Crippen LogP contribution in [-0.4, -0.2) is 44.2 Å². The van der Waals surface area contributed by atoms with Crippen molar-refractivity contribution in [2.75, 3.05) is 20.6 Å². The summed E-state index contributed by atoms with van der Waals surface area (Å²) in [5.74, 6) is -0.265. The minimum absolute atomic E-state index is 0.175. The van der Waals surface area contributed by atoms with Crippen LogP contribution in [0.15, 0.2) is 89.8 Å². The number of carbonyl (C=O) groups excluding carboxylic acids is 1. The summed E-state index contributed by atoms with van der Waals surface area (Å²) in [6, 6.07) is 26.2. The normalized spacial score (nSPS) is 11.4. The van der Waals surface area contributed by atoms with E-state index in [1.54, 1.807) is 25.2 Å².